The average molecular weight is 363 g/mol. The van der Waals surface area contributed by atoms with Gasteiger partial charge in [-0.05, 0) is 30.2 Å². The van der Waals surface area contributed by atoms with Crippen LogP contribution in [0.4, 0.5) is 10.8 Å². The number of hydrogen-bond donors (Lipinski definition) is 1. The molecule has 4 aromatic rings. The molecule has 0 bridgehead atoms. The van der Waals surface area contributed by atoms with E-state index < -0.39 is 0 Å². The summed E-state index contributed by atoms with van der Waals surface area (Å²) < 4.78 is 1.85. The minimum absolute atomic E-state index is 0.765. The lowest BCUT2D eigenvalue weighted by Crippen LogP contribution is -2.08. The second-order valence-corrected chi connectivity index (χ2v) is 7.44. The first-order valence-electron chi connectivity index (χ1n) is 8.52. The second-order valence-electron chi connectivity index (χ2n) is 6.49. The number of imidazole rings is 1. The standard InChI is InChI=1S/C20H21N5S/c1-14-7-4-5-8-16(14)12-21-19-23-25-13-18(22-20(25)26-19)15-9-6-10-17(11-15)24(2)3/h4-11,13H,12H2,1-3H3,(H,21,23). The molecule has 2 aromatic heterocycles. The van der Waals surface area contributed by atoms with Crippen LogP contribution in [-0.2, 0) is 6.54 Å². The Morgan fingerprint density at radius 2 is 1.96 bits per heavy atom. The van der Waals surface area contributed by atoms with Crippen LogP contribution in [0, 0.1) is 6.92 Å². The van der Waals surface area contributed by atoms with Gasteiger partial charge < -0.3 is 10.2 Å². The molecule has 0 fully saturated rings. The van der Waals surface area contributed by atoms with Crippen LogP contribution in [0.5, 0.6) is 0 Å². The number of hydrogen-bond acceptors (Lipinski definition) is 5. The maximum Gasteiger partial charge on any atom is 0.214 e. The molecular formula is C20H21N5S. The van der Waals surface area contributed by atoms with Crippen LogP contribution in [-0.4, -0.2) is 28.7 Å². The van der Waals surface area contributed by atoms with Crippen molar-refractivity contribution >= 4 is 27.1 Å². The first-order valence-corrected chi connectivity index (χ1v) is 9.34. The third kappa shape index (κ3) is 3.28. The number of fused-ring (bicyclic) bond motifs is 1. The van der Waals surface area contributed by atoms with Crippen LogP contribution in [0.25, 0.3) is 16.2 Å². The van der Waals surface area contributed by atoms with Gasteiger partial charge in [0.2, 0.25) is 10.1 Å². The average Bonchev–Trinajstić information content (AvgIpc) is 3.20. The third-order valence-electron chi connectivity index (χ3n) is 4.39. The lowest BCUT2D eigenvalue weighted by atomic mass is 10.1. The largest absolute Gasteiger partial charge is 0.378 e. The first kappa shape index (κ1) is 16.6. The van der Waals surface area contributed by atoms with E-state index in [1.54, 1.807) is 11.3 Å². The molecule has 0 saturated heterocycles. The Morgan fingerprint density at radius 1 is 1.12 bits per heavy atom. The Kier molecular flexibility index (Phi) is 4.34. The van der Waals surface area contributed by atoms with Crippen LogP contribution in [0.15, 0.2) is 54.7 Å². The van der Waals surface area contributed by atoms with E-state index in [9.17, 15) is 0 Å². The molecule has 0 aliphatic heterocycles. The van der Waals surface area contributed by atoms with Gasteiger partial charge in [0.1, 0.15) is 0 Å². The first-order chi connectivity index (χ1) is 12.6. The summed E-state index contributed by atoms with van der Waals surface area (Å²) in [5, 5.41) is 8.89. The van der Waals surface area contributed by atoms with E-state index in [1.165, 1.54) is 11.1 Å². The van der Waals surface area contributed by atoms with Gasteiger partial charge in [-0.25, -0.2) is 9.50 Å². The number of aromatic nitrogens is 3. The van der Waals surface area contributed by atoms with Gasteiger partial charge in [0, 0.05) is 31.9 Å². The molecule has 5 nitrogen and oxygen atoms in total. The van der Waals surface area contributed by atoms with Crippen molar-refractivity contribution in [3.05, 3.63) is 65.9 Å². The SMILES string of the molecule is Cc1ccccc1CNc1nn2cc(-c3cccc(N(C)C)c3)nc2s1. The van der Waals surface area contributed by atoms with Gasteiger partial charge in [-0.3, -0.25) is 0 Å². The van der Waals surface area contributed by atoms with E-state index in [2.05, 4.69) is 70.8 Å². The van der Waals surface area contributed by atoms with Crippen LogP contribution in [0.3, 0.4) is 0 Å². The summed E-state index contributed by atoms with van der Waals surface area (Å²) in [4.78, 5) is 7.72. The van der Waals surface area contributed by atoms with Crippen LogP contribution >= 0.6 is 11.3 Å². The second kappa shape index (κ2) is 6.80. The van der Waals surface area contributed by atoms with E-state index in [0.717, 1.165) is 33.6 Å². The zero-order chi connectivity index (χ0) is 18.1. The van der Waals surface area contributed by atoms with Gasteiger partial charge in [-0.15, -0.1) is 5.10 Å². The highest BCUT2D eigenvalue weighted by Crippen LogP contribution is 2.27. The van der Waals surface area contributed by atoms with E-state index in [4.69, 9.17) is 4.98 Å². The molecule has 0 atom stereocenters. The minimum Gasteiger partial charge on any atom is -0.378 e. The fourth-order valence-electron chi connectivity index (χ4n) is 2.83. The quantitative estimate of drug-likeness (QED) is 0.569. The van der Waals surface area contributed by atoms with E-state index in [0.29, 0.717) is 0 Å². The van der Waals surface area contributed by atoms with Crippen molar-refractivity contribution in [1.29, 1.82) is 0 Å². The van der Waals surface area contributed by atoms with Crippen molar-refractivity contribution in [2.75, 3.05) is 24.3 Å². The van der Waals surface area contributed by atoms with Gasteiger partial charge in [0.15, 0.2) is 0 Å². The number of benzene rings is 2. The fourth-order valence-corrected chi connectivity index (χ4v) is 3.61. The summed E-state index contributed by atoms with van der Waals surface area (Å²) in [5.74, 6) is 0. The Bertz CT molecular complexity index is 1020. The number of aryl methyl sites for hydroxylation is 1. The smallest absolute Gasteiger partial charge is 0.214 e. The highest BCUT2D eigenvalue weighted by molar-refractivity contribution is 7.20. The Morgan fingerprint density at radius 3 is 2.73 bits per heavy atom. The van der Waals surface area contributed by atoms with Crippen molar-refractivity contribution in [1.82, 2.24) is 14.6 Å². The summed E-state index contributed by atoms with van der Waals surface area (Å²) in [7, 11) is 4.08. The predicted octanol–water partition coefficient (Wildman–Crippen LogP) is 4.44. The van der Waals surface area contributed by atoms with Gasteiger partial charge in [0.25, 0.3) is 0 Å². The molecule has 0 unspecified atom stereocenters. The number of rotatable bonds is 5. The zero-order valence-electron chi connectivity index (χ0n) is 15.1. The zero-order valence-corrected chi connectivity index (χ0v) is 15.9. The van der Waals surface area contributed by atoms with Crippen molar-refractivity contribution in [3.63, 3.8) is 0 Å². The molecule has 0 radical (unpaired) electrons. The molecule has 0 aliphatic carbocycles. The topological polar surface area (TPSA) is 45.5 Å². The van der Waals surface area contributed by atoms with Crippen LogP contribution in [0.2, 0.25) is 0 Å². The molecule has 2 heterocycles. The van der Waals surface area contributed by atoms with Gasteiger partial charge in [-0.1, -0.05) is 47.7 Å². The lowest BCUT2D eigenvalue weighted by molar-refractivity contribution is 0.960. The monoisotopic (exact) mass is 363 g/mol. The third-order valence-corrected chi connectivity index (χ3v) is 5.27. The normalized spacial score (nSPS) is 11.0. The molecule has 2 aromatic carbocycles. The molecule has 0 saturated carbocycles. The molecule has 1 N–H and O–H groups in total. The van der Waals surface area contributed by atoms with E-state index in [1.807, 2.05) is 24.8 Å². The van der Waals surface area contributed by atoms with E-state index >= 15 is 0 Å². The Hall–Kier alpha value is -2.86. The van der Waals surface area contributed by atoms with Crippen molar-refractivity contribution in [3.8, 4) is 11.3 Å². The summed E-state index contributed by atoms with van der Waals surface area (Å²) in [6, 6.07) is 16.8. The molecule has 0 aliphatic rings. The summed E-state index contributed by atoms with van der Waals surface area (Å²) >= 11 is 1.57. The van der Waals surface area contributed by atoms with Gasteiger partial charge in [0.05, 0.1) is 11.9 Å². The molecule has 0 spiro atoms. The molecule has 4 rings (SSSR count). The maximum absolute atomic E-state index is 4.74. The Labute approximate surface area is 156 Å². The molecule has 132 valence electrons. The molecular weight excluding hydrogens is 342 g/mol. The lowest BCUT2D eigenvalue weighted by Gasteiger charge is -2.12. The molecule has 6 heteroatoms. The molecule has 0 amide bonds. The summed E-state index contributed by atoms with van der Waals surface area (Å²) in [5.41, 5.74) is 5.76. The van der Waals surface area contributed by atoms with Gasteiger partial charge >= 0.3 is 0 Å². The van der Waals surface area contributed by atoms with Crippen molar-refractivity contribution < 1.29 is 0 Å². The minimum atomic E-state index is 0.765. The highest BCUT2D eigenvalue weighted by Gasteiger charge is 2.10. The predicted molar refractivity (Wildman–Crippen MR) is 109 cm³/mol. The van der Waals surface area contributed by atoms with Crippen LogP contribution < -0.4 is 10.2 Å². The number of nitrogens with one attached hydrogen (secondary N) is 1. The highest BCUT2D eigenvalue weighted by atomic mass is 32.1. The number of nitrogens with zero attached hydrogens (tertiary/aromatic N) is 4. The Balaban J connectivity index is 1.54. The summed E-state index contributed by atoms with van der Waals surface area (Å²) in [6.45, 7) is 2.89. The van der Waals surface area contributed by atoms with Crippen molar-refractivity contribution in [2.45, 2.75) is 13.5 Å². The van der Waals surface area contributed by atoms with E-state index in [-0.39, 0.29) is 0 Å². The summed E-state index contributed by atoms with van der Waals surface area (Å²) in [6.07, 6.45) is 1.99. The van der Waals surface area contributed by atoms with Crippen LogP contribution in [0.1, 0.15) is 11.1 Å². The van der Waals surface area contributed by atoms with Crippen molar-refractivity contribution in [2.24, 2.45) is 0 Å². The maximum atomic E-state index is 4.74. The number of anilines is 2. The molecule has 26 heavy (non-hydrogen) atoms. The van der Waals surface area contributed by atoms with Gasteiger partial charge in [-0.2, -0.15) is 0 Å². The fraction of sp³-hybridized carbons (Fsp3) is 0.200.